The summed E-state index contributed by atoms with van der Waals surface area (Å²) in [6, 6.07) is 4.60. The summed E-state index contributed by atoms with van der Waals surface area (Å²) >= 11 is 5.90. The molecular weight excluding hydrogens is 220 g/mol. The quantitative estimate of drug-likeness (QED) is 0.732. The molecule has 1 aliphatic carbocycles. The van der Waals surface area contributed by atoms with Gasteiger partial charge in [0.15, 0.2) is 0 Å². The lowest BCUT2D eigenvalue weighted by Crippen LogP contribution is -2.32. The molecular formula is C13H19ClN2. The largest absolute Gasteiger partial charge is 0.296 e. The second-order valence-corrected chi connectivity index (χ2v) is 5.34. The highest BCUT2D eigenvalue weighted by molar-refractivity contribution is 6.29. The van der Waals surface area contributed by atoms with Crippen LogP contribution in [0.2, 0.25) is 5.15 Å². The van der Waals surface area contributed by atoms with Crippen LogP contribution in [0.4, 0.5) is 0 Å². The number of rotatable bonds is 5. The van der Waals surface area contributed by atoms with Crippen LogP contribution in [0.1, 0.15) is 32.3 Å². The first kappa shape index (κ1) is 11.9. The minimum atomic E-state index is 0.590. The number of aromatic nitrogens is 1. The Morgan fingerprint density at radius 3 is 2.81 bits per heavy atom. The van der Waals surface area contributed by atoms with E-state index in [9.17, 15) is 0 Å². The minimum absolute atomic E-state index is 0.590. The third-order valence-electron chi connectivity index (χ3n) is 3.10. The first-order chi connectivity index (χ1) is 7.65. The van der Waals surface area contributed by atoms with Crippen molar-refractivity contribution in [1.29, 1.82) is 0 Å². The molecule has 16 heavy (non-hydrogen) atoms. The highest BCUT2D eigenvalue weighted by atomic mass is 35.5. The maximum Gasteiger partial charge on any atom is 0.129 e. The van der Waals surface area contributed by atoms with E-state index < -0.39 is 0 Å². The van der Waals surface area contributed by atoms with Crippen molar-refractivity contribution in [2.45, 2.75) is 39.3 Å². The maximum atomic E-state index is 5.90. The fourth-order valence-electron chi connectivity index (χ4n) is 1.87. The summed E-state index contributed by atoms with van der Waals surface area (Å²) in [6.07, 6.45) is 4.59. The molecule has 0 unspecified atom stereocenters. The lowest BCUT2D eigenvalue weighted by atomic mass is 10.2. The van der Waals surface area contributed by atoms with Gasteiger partial charge in [-0.05, 0) is 50.3 Å². The SMILES string of the molecule is CC(C)N(Cc1ccnc(Cl)c1)CC1CC1. The van der Waals surface area contributed by atoms with Gasteiger partial charge in [0.25, 0.3) is 0 Å². The van der Waals surface area contributed by atoms with Crippen LogP contribution in [0, 0.1) is 5.92 Å². The number of hydrogen-bond acceptors (Lipinski definition) is 2. The Morgan fingerprint density at radius 1 is 1.50 bits per heavy atom. The molecule has 0 spiro atoms. The van der Waals surface area contributed by atoms with Gasteiger partial charge in [-0.15, -0.1) is 0 Å². The van der Waals surface area contributed by atoms with Crippen LogP contribution in [-0.2, 0) is 6.54 Å². The van der Waals surface area contributed by atoms with Gasteiger partial charge in [0.2, 0.25) is 0 Å². The van der Waals surface area contributed by atoms with E-state index in [0.717, 1.165) is 12.5 Å². The van der Waals surface area contributed by atoms with E-state index in [0.29, 0.717) is 11.2 Å². The van der Waals surface area contributed by atoms with Gasteiger partial charge in [0.1, 0.15) is 5.15 Å². The van der Waals surface area contributed by atoms with E-state index in [1.54, 1.807) is 6.20 Å². The van der Waals surface area contributed by atoms with Gasteiger partial charge >= 0.3 is 0 Å². The zero-order chi connectivity index (χ0) is 11.5. The van der Waals surface area contributed by atoms with Crippen molar-refractivity contribution in [3.63, 3.8) is 0 Å². The molecule has 1 fully saturated rings. The van der Waals surface area contributed by atoms with Crippen molar-refractivity contribution < 1.29 is 0 Å². The lowest BCUT2D eigenvalue weighted by molar-refractivity contribution is 0.204. The van der Waals surface area contributed by atoms with Crippen LogP contribution in [-0.4, -0.2) is 22.5 Å². The average molecular weight is 239 g/mol. The maximum absolute atomic E-state index is 5.90. The zero-order valence-corrected chi connectivity index (χ0v) is 10.7. The Morgan fingerprint density at radius 2 is 2.25 bits per heavy atom. The molecule has 0 N–H and O–H groups in total. The van der Waals surface area contributed by atoms with Gasteiger partial charge in [0.05, 0.1) is 0 Å². The summed E-state index contributed by atoms with van der Waals surface area (Å²) in [6.45, 7) is 6.71. The van der Waals surface area contributed by atoms with E-state index in [4.69, 9.17) is 11.6 Å². The molecule has 0 amide bonds. The molecule has 1 aliphatic rings. The Hall–Kier alpha value is -0.600. The van der Waals surface area contributed by atoms with Crippen molar-refractivity contribution in [2.24, 2.45) is 5.92 Å². The van der Waals surface area contributed by atoms with Crippen molar-refractivity contribution in [1.82, 2.24) is 9.88 Å². The average Bonchev–Trinajstić information content (AvgIpc) is 3.00. The van der Waals surface area contributed by atoms with Crippen LogP contribution in [0.3, 0.4) is 0 Å². The predicted octanol–water partition coefficient (Wildman–Crippen LogP) is 3.36. The van der Waals surface area contributed by atoms with Crippen molar-refractivity contribution in [3.8, 4) is 0 Å². The van der Waals surface area contributed by atoms with E-state index in [2.05, 4.69) is 23.7 Å². The van der Waals surface area contributed by atoms with Gasteiger partial charge in [-0.1, -0.05) is 11.6 Å². The fourth-order valence-corrected chi connectivity index (χ4v) is 2.06. The monoisotopic (exact) mass is 238 g/mol. The molecule has 2 rings (SSSR count). The summed E-state index contributed by atoms with van der Waals surface area (Å²) < 4.78 is 0. The topological polar surface area (TPSA) is 16.1 Å². The third kappa shape index (κ3) is 3.46. The first-order valence-corrected chi connectivity index (χ1v) is 6.37. The fraction of sp³-hybridized carbons (Fsp3) is 0.615. The molecule has 88 valence electrons. The van der Waals surface area contributed by atoms with E-state index in [1.165, 1.54) is 24.9 Å². The Labute approximate surface area is 103 Å². The summed E-state index contributed by atoms with van der Waals surface area (Å²) in [5.74, 6) is 0.930. The molecule has 0 aromatic carbocycles. The molecule has 1 saturated carbocycles. The van der Waals surface area contributed by atoms with Crippen LogP contribution < -0.4 is 0 Å². The normalized spacial score (nSPS) is 16.1. The van der Waals surface area contributed by atoms with Crippen LogP contribution >= 0.6 is 11.6 Å². The van der Waals surface area contributed by atoms with Crippen LogP contribution in [0.5, 0.6) is 0 Å². The molecule has 0 radical (unpaired) electrons. The predicted molar refractivity (Wildman–Crippen MR) is 67.5 cm³/mol. The number of halogens is 1. The van der Waals surface area contributed by atoms with E-state index in [-0.39, 0.29) is 0 Å². The molecule has 0 atom stereocenters. The summed E-state index contributed by atoms with van der Waals surface area (Å²) in [4.78, 5) is 6.53. The van der Waals surface area contributed by atoms with Crippen molar-refractivity contribution in [2.75, 3.05) is 6.54 Å². The smallest absolute Gasteiger partial charge is 0.129 e. The lowest BCUT2D eigenvalue weighted by Gasteiger charge is -2.26. The van der Waals surface area contributed by atoms with Gasteiger partial charge < -0.3 is 0 Å². The number of pyridine rings is 1. The van der Waals surface area contributed by atoms with E-state index >= 15 is 0 Å². The molecule has 0 saturated heterocycles. The van der Waals surface area contributed by atoms with Gasteiger partial charge in [-0.3, -0.25) is 4.90 Å². The van der Waals surface area contributed by atoms with Crippen LogP contribution in [0.15, 0.2) is 18.3 Å². The molecule has 1 aromatic rings. The molecule has 2 nitrogen and oxygen atoms in total. The van der Waals surface area contributed by atoms with Gasteiger partial charge in [-0.2, -0.15) is 0 Å². The zero-order valence-electron chi connectivity index (χ0n) is 9.99. The molecule has 1 heterocycles. The molecule has 0 bridgehead atoms. The number of hydrogen-bond donors (Lipinski definition) is 0. The standard InChI is InChI=1S/C13H19ClN2/c1-10(2)16(8-11-3-4-11)9-12-5-6-15-13(14)7-12/h5-7,10-11H,3-4,8-9H2,1-2H3. The van der Waals surface area contributed by atoms with Crippen molar-refractivity contribution >= 4 is 11.6 Å². The second kappa shape index (κ2) is 5.15. The minimum Gasteiger partial charge on any atom is -0.296 e. The van der Waals surface area contributed by atoms with Crippen molar-refractivity contribution in [3.05, 3.63) is 29.0 Å². The van der Waals surface area contributed by atoms with Gasteiger partial charge in [-0.25, -0.2) is 4.98 Å². The molecule has 0 aliphatic heterocycles. The highest BCUT2D eigenvalue weighted by Crippen LogP contribution is 2.30. The Balaban J connectivity index is 1.98. The Bertz CT molecular complexity index is 348. The van der Waals surface area contributed by atoms with E-state index in [1.807, 2.05) is 12.1 Å². The second-order valence-electron chi connectivity index (χ2n) is 4.95. The molecule has 1 aromatic heterocycles. The first-order valence-electron chi connectivity index (χ1n) is 5.99. The molecule has 3 heteroatoms. The summed E-state index contributed by atoms with van der Waals surface area (Å²) in [5.41, 5.74) is 1.26. The summed E-state index contributed by atoms with van der Waals surface area (Å²) in [5, 5.41) is 0.590. The Kier molecular flexibility index (Phi) is 3.82. The van der Waals surface area contributed by atoms with Crippen LogP contribution in [0.25, 0.3) is 0 Å². The highest BCUT2D eigenvalue weighted by Gasteiger charge is 2.25. The summed E-state index contributed by atoms with van der Waals surface area (Å²) in [7, 11) is 0. The van der Waals surface area contributed by atoms with Gasteiger partial charge in [0, 0.05) is 25.3 Å². The third-order valence-corrected chi connectivity index (χ3v) is 3.30. The number of nitrogens with zero attached hydrogens (tertiary/aromatic N) is 2.